The van der Waals surface area contributed by atoms with Crippen LogP contribution in [0, 0.1) is 12.8 Å². The van der Waals surface area contributed by atoms with Crippen LogP contribution >= 0.6 is 12.4 Å². The molecule has 2 atom stereocenters. The van der Waals surface area contributed by atoms with E-state index >= 15 is 0 Å². The molecule has 0 radical (unpaired) electrons. The van der Waals surface area contributed by atoms with E-state index in [2.05, 4.69) is 16.0 Å². The second-order valence-electron chi connectivity index (χ2n) is 6.27. The van der Waals surface area contributed by atoms with Gasteiger partial charge in [0.25, 0.3) is 5.91 Å². The summed E-state index contributed by atoms with van der Waals surface area (Å²) in [4.78, 5) is 24.7. The molecule has 0 aromatic heterocycles. The zero-order chi connectivity index (χ0) is 17.4. The van der Waals surface area contributed by atoms with Crippen LogP contribution in [-0.4, -0.2) is 37.0 Å². The van der Waals surface area contributed by atoms with Gasteiger partial charge in [-0.2, -0.15) is 0 Å². The number of rotatable bonds is 8. The Morgan fingerprint density at radius 1 is 1.17 bits per heavy atom. The molecule has 0 spiro atoms. The number of amides is 2. The van der Waals surface area contributed by atoms with Crippen LogP contribution in [0.4, 0.5) is 0 Å². The normalized spacial score (nSPS) is 12.9. The molecule has 136 valence electrons. The van der Waals surface area contributed by atoms with Gasteiger partial charge in [-0.3, -0.25) is 9.59 Å². The van der Waals surface area contributed by atoms with Crippen LogP contribution in [-0.2, 0) is 4.79 Å². The lowest BCUT2D eigenvalue weighted by molar-refractivity contribution is -0.124. The maximum Gasteiger partial charge on any atom is 0.251 e. The summed E-state index contributed by atoms with van der Waals surface area (Å²) in [5.41, 5.74) is 1.59. The number of likely N-dealkylation sites (N-methyl/N-ethyl adjacent to an activating group) is 1. The van der Waals surface area contributed by atoms with Gasteiger partial charge in [0.2, 0.25) is 5.91 Å². The lowest BCUT2D eigenvalue weighted by Gasteiger charge is -2.23. The molecule has 0 saturated carbocycles. The van der Waals surface area contributed by atoms with Crippen molar-refractivity contribution >= 4 is 24.2 Å². The van der Waals surface area contributed by atoms with E-state index in [1.54, 1.807) is 6.07 Å². The lowest BCUT2D eigenvalue weighted by atomic mass is 10.0. The number of hydrogen-bond acceptors (Lipinski definition) is 3. The van der Waals surface area contributed by atoms with Crippen molar-refractivity contribution in [1.29, 1.82) is 0 Å². The second-order valence-corrected chi connectivity index (χ2v) is 6.27. The van der Waals surface area contributed by atoms with Crippen molar-refractivity contribution in [2.75, 3.05) is 13.1 Å². The molecule has 1 unspecified atom stereocenters. The van der Waals surface area contributed by atoms with E-state index in [1.807, 2.05) is 52.8 Å². The van der Waals surface area contributed by atoms with Crippen molar-refractivity contribution in [3.63, 3.8) is 0 Å². The van der Waals surface area contributed by atoms with Gasteiger partial charge < -0.3 is 16.0 Å². The summed E-state index contributed by atoms with van der Waals surface area (Å²) in [5, 5.41) is 8.98. The van der Waals surface area contributed by atoms with Crippen LogP contribution in [0.3, 0.4) is 0 Å². The topological polar surface area (TPSA) is 70.2 Å². The number of carbonyl (C=O) groups excluding carboxylic acids is 2. The summed E-state index contributed by atoms with van der Waals surface area (Å²) in [6.07, 6.45) is 0. The molecule has 0 fully saturated rings. The predicted molar refractivity (Wildman–Crippen MR) is 101 cm³/mol. The Hall–Kier alpha value is -1.59. The Morgan fingerprint density at radius 3 is 2.38 bits per heavy atom. The average molecular weight is 356 g/mol. The summed E-state index contributed by atoms with van der Waals surface area (Å²) in [7, 11) is 0. The van der Waals surface area contributed by atoms with Crippen molar-refractivity contribution < 1.29 is 9.59 Å². The van der Waals surface area contributed by atoms with Gasteiger partial charge in [-0.05, 0) is 38.4 Å². The van der Waals surface area contributed by atoms with Gasteiger partial charge in [-0.25, -0.2) is 0 Å². The van der Waals surface area contributed by atoms with E-state index in [-0.39, 0.29) is 36.2 Å². The number of aryl methyl sites for hydroxylation is 1. The summed E-state index contributed by atoms with van der Waals surface area (Å²) >= 11 is 0. The maximum atomic E-state index is 12.4. The molecule has 1 aromatic carbocycles. The Labute approximate surface area is 151 Å². The van der Waals surface area contributed by atoms with E-state index in [9.17, 15) is 9.59 Å². The molecule has 0 aliphatic rings. The minimum Gasteiger partial charge on any atom is -0.353 e. The maximum absolute atomic E-state index is 12.4. The fourth-order valence-electron chi connectivity index (χ4n) is 2.33. The van der Waals surface area contributed by atoms with E-state index in [1.165, 1.54) is 0 Å². The molecule has 6 heteroatoms. The highest BCUT2D eigenvalue weighted by Crippen LogP contribution is 2.07. The zero-order valence-electron chi connectivity index (χ0n) is 15.2. The minimum absolute atomic E-state index is 0. The Balaban J connectivity index is 0.00000529. The highest BCUT2D eigenvalue weighted by Gasteiger charge is 2.24. The molecule has 2 amide bonds. The first-order chi connectivity index (χ1) is 10.8. The Bertz CT molecular complexity index is 535. The smallest absolute Gasteiger partial charge is 0.251 e. The lowest BCUT2D eigenvalue weighted by Crippen LogP contribution is -2.51. The van der Waals surface area contributed by atoms with Crippen LogP contribution in [0.2, 0.25) is 0 Å². The largest absolute Gasteiger partial charge is 0.353 e. The van der Waals surface area contributed by atoms with Crippen molar-refractivity contribution in [2.45, 2.75) is 46.7 Å². The van der Waals surface area contributed by atoms with Crippen LogP contribution in [0.25, 0.3) is 0 Å². The molecule has 0 aliphatic heterocycles. The molecule has 0 heterocycles. The highest BCUT2D eigenvalue weighted by atomic mass is 35.5. The van der Waals surface area contributed by atoms with Crippen molar-refractivity contribution in [3.8, 4) is 0 Å². The fraction of sp³-hybridized carbons (Fsp3) is 0.556. The molecule has 24 heavy (non-hydrogen) atoms. The standard InChI is InChI=1S/C18H29N3O2.ClH/c1-6-19-14(5)11-20-18(23)16(12(2)3)21-17(22)15-9-7-8-13(4)10-15;/h7-10,12,14,16,19H,6,11H2,1-5H3,(H,20,23)(H,21,22);1H/t14-,16?;/m1./s1. The van der Waals surface area contributed by atoms with E-state index in [0.29, 0.717) is 12.1 Å². The number of nitrogens with one attached hydrogen (secondary N) is 3. The Morgan fingerprint density at radius 2 is 1.83 bits per heavy atom. The monoisotopic (exact) mass is 355 g/mol. The molecular weight excluding hydrogens is 326 g/mol. The predicted octanol–water partition coefficient (Wildman–Crippen LogP) is 2.29. The van der Waals surface area contributed by atoms with Crippen LogP contribution in [0.15, 0.2) is 24.3 Å². The van der Waals surface area contributed by atoms with Gasteiger partial charge in [0.05, 0.1) is 0 Å². The number of hydrogen-bond donors (Lipinski definition) is 3. The first kappa shape index (κ1) is 22.4. The molecule has 5 nitrogen and oxygen atoms in total. The minimum atomic E-state index is -0.545. The van der Waals surface area contributed by atoms with Crippen molar-refractivity contribution in [1.82, 2.24) is 16.0 Å². The van der Waals surface area contributed by atoms with Gasteiger partial charge in [0.15, 0.2) is 0 Å². The average Bonchev–Trinajstić information content (AvgIpc) is 2.50. The quantitative estimate of drug-likeness (QED) is 0.670. The van der Waals surface area contributed by atoms with E-state index in [0.717, 1.165) is 12.1 Å². The van der Waals surface area contributed by atoms with Gasteiger partial charge in [-0.15, -0.1) is 12.4 Å². The molecule has 0 saturated heterocycles. The summed E-state index contributed by atoms with van der Waals surface area (Å²) in [6, 6.07) is 7.00. The third-order valence-electron chi connectivity index (χ3n) is 3.65. The van der Waals surface area contributed by atoms with Gasteiger partial charge in [-0.1, -0.05) is 38.5 Å². The summed E-state index contributed by atoms with van der Waals surface area (Å²) < 4.78 is 0. The molecule has 0 bridgehead atoms. The van der Waals surface area contributed by atoms with E-state index in [4.69, 9.17) is 0 Å². The van der Waals surface area contributed by atoms with Crippen LogP contribution in [0.5, 0.6) is 0 Å². The van der Waals surface area contributed by atoms with Crippen LogP contribution < -0.4 is 16.0 Å². The van der Waals surface area contributed by atoms with Gasteiger partial charge >= 0.3 is 0 Å². The van der Waals surface area contributed by atoms with Gasteiger partial charge in [0, 0.05) is 18.2 Å². The number of benzene rings is 1. The molecule has 1 aromatic rings. The highest BCUT2D eigenvalue weighted by molar-refractivity contribution is 5.97. The third kappa shape index (κ3) is 7.32. The summed E-state index contributed by atoms with van der Waals surface area (Å²) in [5.74, 6) is -0.355. The summed E-state index contributed by atoms with van der Waals surface area (Å²) in [6.45, 7) is 11.2. The molecule has 0 aliphatic carbocycles. The van der Waals surface area contributed by atoms with Crippen molar-refractivity contribution in [2.24, 2.45) is 5.92 Å². The SMILES string of the molecule is CCN[C@H](C)CNC(=O)C(NC(=O)c1cccc(C)c1)C(C)C.Cl. The van der Waals surface area contributed by atoms with Gasteiger partial charge in [0.1, 0.15) is 6.04 Å². The molecule has 3 N–H and O–H groups in total. The number of carbonyl (C=O) groups is 2. The Kier molecular flexibility index (Phi) is 10.3. The first-order valence-corrected chi connectivity index (χ1v) is 8.23. The number of halogens is 1. The third-order valence-corrected chi connectivity index (χ3v) is 3.65. The van der Waals surface area contributed by atoms with Crippen LogP contribution in [0.1, 0.15) is 43.6 Å². The zero-order valence-corrected chi connectivity index (χ0v) is 16.0. The first-order valence-electron chi connectivity index (χ1n) is 8.23. The molecular formula is C18H30ClN3O2. The van der Waals surface area contributed by atoms with E-state index < -0.39 is 6.04 Å². The van der Waals surface area contributed by atoms with Crippen molar-refractivity contribution in [3.05, 3.63) is 35.4 Å². The molecule has 1 rings (SSSR count). The fourth-order valence-corrected chi connectivity index (χ4v) is 2.33. The second kappa shape index (κ2) is 11.0.